The lowest BCUT2D eigenvalue weighted by Crippen LogP contribution is -2.10. The van der Waals surface area contributed by atoms with Crippen LogP contribution in [-0.4, -0.2) is 21.8 Å². The van der Waals surface area contributed by atoms with Gasteiger partial charge in [-0.05, 0) is 32.0 Å². The Bertz CT molecular complexity index is 563. The fourth-order valence-electron chi connectivity index (χ4n) is 1.88. The van der Waals surface area contributed by atoms with E-state index >= 15 is 0 Å². The standard InChI is InChI=1S/C14H20N4S/c1-10-5-6-11(2)12(7-10)9-19-14-17-16-13(8-15-3)18(14)4/h5-7,15H,8-9H2,1-4H3. The number of rotatable bonds is 5. The van der Waals surface area contributed by atoms with Crippen molar-refractivity contribution in [3.8, 4) is 0 Å². The average Bonchev–Trinajstić information content (AvgIpc) is 2.73. The summed E-state index contributed by atoms with van der Waals surface area (Å²) in [6, 6.07) is 6.57. The van der Waals surface area contributed by atoms with Gasteiger partial charge in [0.25, 0.3) is 0 Å². The van der Waals surface area contributed by atoms with Crippen molar-refractivity contribution >= 4 is 11.8 Å². The van der Waals surface area contributed by atoms with Crippen LogP contribution in [0.2, 0.25) is 0 Å². The minimum absolute atomic E-state index is 0.744. The van der Waals surface area contributed by atoms with Crippen molar-refractivity contribution in [2.24, 2.45) is 7.05 Å². The van der Waals surface area contributed by atoms with E-state index < -0.39 is 0 Å². The highest BCUT2D eigenvalue weighted by molar-refractivity contribution is 7.98. The Labute approximate surface area is 118 Å². The van der Waals surface area contributed by atoms with E-state index in [9.17, 15) is 0 Å². The largest absolute Gasteiger partial charge is 0.313 e. The number of benzene rings is 1. The SMILES string of the molecule is CNCc1nnc(SCc2cc(C)ccc2C)n1C. The van der Waals surface area contributed by atoms with Crippen LogP contribution in [0.15, 0.2) is 23.4 Å². The highest BCUT2D eigenvalue weighted by Crippen LogP contribution is 2.23. The molecule has 0 fully saturated rings. The number of nitrogens with zero attached hydrogens (tertiary/aromatic N) is 3. The molecule has 1 aromatic heterocycles. The van der Waals surface area contributed by atoms with Crippen molar-refractivity contribution in [2.75, 3.05) is 7.05 Å². The Morgan fingerprint density at radius 2 is 2.05 bits per heavy atom. The summed E-state index contributed by atoms with van der Waals surface area (Å²) in [5.74, 6) is 1.89. The van der Waals surface area contributed by atoms with Crippen LogP contribution in [0.1, 0.15) is 22.5 Å². The smallest absolute Gasteiger partial charge is 0.191 e. The molecule has 0 aliphatic carbocycles. The summed E-state index contributed by atoms with van der Waals surface area (Å²) >= 11 is 1.73. The lowest BCUT2D eigenvalue weighted by Gasteiger charge is -2.07. The first-order chi connectivity index (χ1) is 9.11. The van der Waals surface area contributed by atoms with Crippen molar-refractivity contribution in [2.45, 2.75) is 31.3 Å². The Morgan fingerprint density at radius 3 is 2.79 bits per heavy atom. The summed E-state index contributed by atoms with van der Waals surface area (Å²) in [7, 11) is 3.93. The topological polar surface area (TPSA) is 42.7 Å². The van der Waals surface area contributed by atoms with Gasteiger partial charge in [-0.1, -0.05) is 35.5 Å². The highest BCUT2D eigenvalue weighted by atomic mass is 32.2. The zero-order valence-corrected chi connectivity index (χ0v) is 12.7. The van der Waals surface area contributed by atoms with E-state index in [1.54, 1.807) is 11.8 Å². The van der Waals surface area contributed by atoms with Crippen LogP contribution >= 0.6 is 11.8 Å². The lowest BCUT2D eigenvalue weighted by molar-refractivity contribution is 0.682. The lowest BCUT2D eigenvalue weighted by atomic mass is 10.1. The summed E-state index contributed by atoms with van der Waals surface area (Å²) in [5.41, 5.74) is 3.99. The van der Waals surface area contributed by atoms with Crippen molar-refractivity contribution in [3.05, 3.63) is 40.7 Å². The molecule has 2 aromatic rings. The van der Waals surface area contributed by atoms with Gasteiger partial charge in [0.1, 0.15) is 5.82 Å². The average molecular weight is 276 g/mol. The van der Waals surface area contributed by atoms with Gasteiger partial charge in [0, 0.05) is 12.8 Å². The third-order valence-corrected chi connectivity index (χ3v) is 4.19. The van der Waals surface area contributed by atoms with Gasteiger partial charge < -0.3 is 9.88 Å². The van der Waals surface area contributed by atoms with Crippen molar-refractivity contribution in [1.29, 1.82) is 0 Å². The summed E-state index contributed by atoms with van der Waals surface area (Å²) in [6.07, 6.45) is 0. The zero-order chi connectivity index (χ0) is 13.8. The second-order valence-corrected chi connectivity index (χ2v) is 5.65. The molecule has 0 spiro atoms. The summed E-state index contributed by atoms with van der Waals surface area (Å²) < 4.78 is 2.05. The molecule has 1 N–H and O–H groups in total. The normalized spacial score (nSPS) is 10.9. The van der Waals surface area contributed by atoms with Gasteiger partial charge >= 0.3 is 0 Å². The first-order valence-corrected chi connectivity index (χ1v) is 7.32. The van der Waals surface area contributed by atoms with E-state index in [-0.39, 0.29) is 0 Å². The van der Waals surface area contributed by atoms with Crippen LogP contribution < -0.4 is 5.32 Å². The molecule has 0 aliphatic rings. The zero-order valence-electron chi connectivity index (χ0n) is 11.9. The highest BCUT2D eigenvalue weighted by Gasteiger charge is 2.09. The maximum atomic E-state index is 4.24. The minimum Gasteiger partial charge on any atom is -0.313 e. The number of thioether (sulfide) groups is 1. The third kappa shape index (κ3) is 3.36. The minimum atomic E-state index is 0.744. The fraction of sp³-hybridized carbons (Fsp3) is 0.429. The van der Waals surface area contributed by atoms with E-state index in [1.165, 1.54) is 16.7 Å². The van der Waals surface area contributed by atoms with Crippen molar-refractivity contribution < 1.29 is 0 Å². The molecule has 1 aromatic carbocycles. The summed E-state index contributed by atoms with van der Waals surface area (Å²) in [5, 5.41) is 12.5. The van der Waals surface area contributed by atoms with Gasteiger partial charge in [-0.3, -0.25) is 0 Å². The van der Waals surface area contributed by atoms with E-state index in [2.05, 4.69) is 47.6 Å². The van der Waals surface area contributed by atoms with Crippen LogP contribution in [0.5, 0.6) is 0 Å². The van der Waals surface area contributed by atoms with Crippen molar-refractivity contribution in [1.82, 2.24) is 20.1 Å². The summed E-state index contributed by atoms with van der Waals surface area (Å²) in [4.78, 5) is 0. The number of nitrogens with one attached hydrogen (secondary N) is 1. The molecule has 0 radical (unpaired) electrons. The molecule has 1 heterocycles. The number of hydrogen-bond acceptors (Lipinski definition) is 4. The molecule has 102 valence electrons. The molecule has 0 bridgehead atoms. The molecule has 0 amide bonds. The maximum absolute atomic E-state index is 4.24. The monoisotopic (exact) mass is 276 g/mol. The van der Waals surface area contributed by atoms with Crippen molar-refractivity contribution in [3.63, 3.8) is 0 Å². The molecule has 4 nitrogen and oxygen atoms in total. The molecule has 0 saturated carbocycles. The number of hydrogen-bond donors (Lipinski definition) is 1. The van der Waals surface area contributed by atoms with Gasteiger partial charge in [0.15, 0.2) is 5.16 Å². The van der Waals surface area contributed by atoms with Crippen LogP contribution in [0.4, 0.5) is 0 Å². The molecular formula is C14H20N4S. The molecule has 0 atom stereocenters. The Balaban J connectivity index is 2.08. The van der Waals surface area contributed by atoms with Gasteiger partial charge in [0.05, 0.1) is 6.54 Å². The number of aromatic nitrogens is 3. The Morgan fingerprint density at radius 1 is 1.26 bits per heavy atom. The molecule has 19 heavy (non-hydrogen) atoms. The Kier molecular flexibility index (Phi) is 4.61. The third-order valence-electron chi connectivity index (χ3n) is 3.12. The van der Waals surface area contributed by atoms with Gasteiger partial charge in [0.2, 0.25) is 0 Å². The fourth-order valence-corrected chi connectivity index (χ4v) is 2.87. The van der Waals surface area contributed by atoms with Crippen LogP contribution in [0.3, 0.4) is 0 Å². The van der Waals surface area contributed by atoms with Gasteiger partial charge in [-0.2, -0.15) is 0 Å². The second kappa shape index (κ2) is 6.21. The van der Waals surface area contributed by atoms with Gasteiger partial charge in [-0.25, -0.2) is 0 Å². The van der Waals surface area contributed by atoms with Crippen LogP contribution in [0, 0.1) is 13.8 Å². The molecule has 0 saturated heterocycles. The van der Waals surface area contributed by atoms with Crippen LogP contribution in [0.25, 0.3) is 0 Å². The van der Waals surface area contributed by atoms with E-state index in [4.69, 9.17) is 0 Å². The first kappa shape index (κ1) is 14.1. The molecule has 2 rings (SSSR count). The Hall–Kier alpha value is -1.33. The molecule has 0 unspecified atom stereocenters. The summed E-state index contributed by atoms with van der Waals surface area (Å²) in [6.45, 7) is 5.02. The molecular weight excluding hydrogens is 256 g/mol. The molecule has 0 aliphatic heterocycles. The first-order valence-electron chi connectivity index (χ1n) is 6.33. The van der Waals surface area contributed by atoms with E-state index in [0.717, 1.165) is 23.3 Å². The molecule has 5 heteroatoms. The quantitative estimate of drug-likeness (QED) is 0.852. The number of aryl methyl sites for hydroxylation is 2. The predicted octanol–water partition coefficient (Wildman–Crippen LogP) is 2.44. The van der Waals surface area contributed by atoms with E-state index in [0.29, 0.717) is 0 Å². The van der Waals surface area contributed by atoms with Gasteiger partial charge in [-0.15, -0.1) is 10.2 Å². The predicted molar refractivity (Wildman–Crippen MR) is 79.2 cm³/mol. The maximum Gasteiger partial charge on any atom is 0.191 e. The van der Waals surface area contributed by atoms with E-state index in [1.807, 2.05) is 18.7 Å². The van der Waals surface area contributed by atoms with Crippen LogP contribution in [-0.2, 0) is 19.3 Å². The second-order valence-electron chi connectivity index (χ2n) is 4.71.